The Morgan fingerprint density at radius 3 is 2.45 bits per heavy atom. The van der Waals surface area contributed by atoms with Crippen LogP contribution in [0.5, 0.6) is 0 Å². The first-order valence-electron chi connectivity index (χ1n) is 11.7. The molecule has 1 amide bonds. The highest BCUT2D eigenvalue weighted by molar-refractivity contribution is 7.91. The van der Waals surface area contributed by atoms with Gasteiger partial charge >= 0.3 is 0 Å². The number of carbonyl (C=O) groups is 1. The van der Waals surface area contributed by atoms with Crippen LogP contribution in [0.1, 0.15) is 45.8 Å². The number of hydrogen-bond donors (Lipinski definition) is 1. The molecule has 1 N–H and O–H groups in total. The molecule has 0 aliphatic carbocycles. The summed E-state index contributed by atoms with van der Waals surface area (Å²) in [6, 6.07) is 19.6. The molecule has 0 spiro atoms. The summed E-state index contributed by atoms with van der Waals surface area (Å²) in [7, 11) is -3.63. The van der Waals surface area contributed by atoms with Gasteiger partial charge in [0.05, 0.1) is 34.0 Å². The molecule has 1 aromatic heterocycles. The highest BCUT2D eigenvalue weighted by Crippen LogP contribution is 2.37. The summed E-state index contributed by atoms with van der Waals surface area (Å²) >= 11 is 12.6. The second-order valence-corrected chi connectivity index (χ2v) is 12.0. The van der Waals surface area contributed by atoms with Crippen molar-refractivity contribution in [2.24, 2.45) is 0 Å². The lowest BCUT2D eigenvalue weighted by Gasteiger charge is -2.19. The Hall–Kier alpha value is -3.46. The molecule has 0 saturated heterocycles. The average molecular weight is 570 g/mol. The van der Waals surface area contributed by atoms with Crippen molar-refractivity contribution in [2.75, 3.05) is 5.75 Å². The molecule has 0 unspecified atom stereocenters. The lowest BCUT2D eigenvalue weighted by molar-refractivity contribution is 0.0933. The first-order valence-corrected chi connectivity index (χ1v) is 14.3. The van der Waals surface area contributed by atoms with E-state index >= 15 is 0 Å². The van der Waals surface area contributed by atoms with Gasteiger partial charge in [0.2, 0.25) is 0 Å². The molecule has 0 bridgehead atoms. The van der Waals surface area contributed by atoms with Gasteiger partial charge in [-0.15, -0.1) is 0 Å². The molecule has 1 aliphatic heterocycles. The fourth-order valence-corrected chi connectivity index (χ4v) is 6.46. The molecule has 10 heteroatoms. The molecule has 0 fully saturated rings. The number of amides is 1. The van der Waals surface area contributed by atoms with Crippen molar-refractivity contribution in [3.8, 4) is 5.69 Å². The van der Waals surface area contributed by atoms with Gasteiger partial charge in [0.1, 0.15) is 5.82 Å². The van der Waals surface area contributed by atoms with Crippen molar-refractivity contribution in [2.45, 2.75) is 18.7 Å². The zero-order chi connectivity index (χ0) is 27.0. The minimum Gasteiger partial charge on any atom is -0.344 e. The second kappa shape index (κ2) is 10.4. The first-order chi connectivity index (χ1) is 18.1. The van der Waals surface area contributed by atoms with Gasteiger partial charge in [-0.1, -0.05) is 65.7 Å². The van der Waals surface area contributed by atoms with Gasteiger partial charge in [0.25, 0.3) is 5.91 Å². The van der Waals surface area contributed by atoms with Crippen molar-refractivity contribution < 1.29 is 17.6 Å². The fourth-order valence-electron chi connectivity index (χ4n) is 4.46. The predicted molar refractivity (Wildman–Crippen MR) is 148 cm³/mol. The average Bonchev–Trinajstić information content (AvgIpc) is 3.24. The van der Waals surface area contributed by atoms with Crippen LogP contribution < -0.4 is 5.32 Å². The van der Waals surface area contributed by atoms with E-state index in [1.807, 2.05) is 37.3 Å². The molecule has 194 valence electrons. The van der Waals surface area contributed by atoms with Crippen molar-refractivity contribution in [1.29, 1.82) is 0 Å². The minimum absolute atomic E-state index is 0.0120. The topological polar surface area (TPSA) is 81.1 Å². The summed E-state index contributed by atoms with van der Waals surface area (Å²) in [5, 5.41) is 8.20. The minimum atomic E-state index is -3.63. The van der Waals surface area contributed by atoms with E-state index in [2.05, 4.69) is 10.4 Å². The number of sulfone groups is 1. The largest absolute Gasteiger partial charge is 0.344 e. The molecule has 3 aromatic carbocycles. The zero-order valence-electron chi connectivity index (χ0n) is 20.2. The standard InChI is InChI=1S/C28H22Cl2FN3O3S/c1-17(19-5-3-2-4-6-19)32-28(35)26-23-16-38(36,37)15-20(13-18-7-10-22(31)11-8-18)27(23)34(33-26)25-12-9-21(29)14-24(25)30/h2-14,17H,15-16H2,1H3,(H,32,35)/b20-13+/t17-/m1/s1. The van der Waals surface area contributed by atoms with Crippen LogP contribution in [0.25, 0.3) is 17.3 Å². The lowest BCUT2D eigenvalue weighted by atomic mass is 10.0. The first kappa shape index (κ1) is 26.2. The van der Waals surface area contributed by atoms with Crippen LogP contribution in [0.15, 0.2) is 72.8 Å². The number of rotatable bonds is 5. The van der Waals surface area contributed by atoms with Crippen molar-refractivity contribution in [1.82, 2.24) is 15.1 Å². The van der Waals surface area contributed by atoms with E-state index in [4.69, 9.17) is 23.2 Å². The molecule has 1 atom stereocenters. The Kier molecular flexibility index (Phi) is 7.13. The van der Waals surface area contributed by atoms with Gasteiger partial charge in [-0.25, -0.2) is 17.5 Å². The van der Waals surface area contributed by atoms with Gasteiger partial charge in [0.15, 0.2) is 15.5 Å². The number of carbonyl (C=O) groups excluding carboxylic acids is 1. The molecule has 1 aliphatic rings. The lowest BCUT2D eigenvalue weighted by Crippen LogP contribution is -2.29. The van der Waals surface area contributed by atoms with Crippen LogP contribution in [0, 0.1) is 5.82 Å². The van der Waals surface area contributed by atoms with Crippen LogP contribution in [0.2, 0.25) is 10.0 Å². The van der Waals surface area contributed by atoms with Gasteiger partial charge in [-0.3, -0.25) is 4.79 Å². The van der Waals surface area contributed by atoms with E-state index in [9.17, 15) is 17.6 Å². The number of fused-ring (bicyclic) bond motifs is 1. The van der Waals surface area contributed by atoms with E-state index in [0.717, 1.165) is 5.56 Å². The van der Waals surface area contributed by atoms with Gasteiger partial charge < -0.3 is 5.32 Å². The van der Waals surface area contributed by atoms with Crippen molar-refractivity contribution in [3.63, 3.8) is 0 Å². The SMILES string of the molecule is C[C@@H](NC(=O)c1nn(-c2ccc(Cl)cc2Cl)c2c1CS(=O)(=O)C/C2=C\c1ccc(F)cc1)c1ccccc1. The summed E-state index contributed by atoms with van der Waals surface area (Å²) in [5.74, 6) is -1.57. The van der Waals surface area contributed by atoms with Gasteiger partial charge in [-0.05, 0) is 60.0 Å². The van der Waals surface area contributed by atoms with Crippen molar-refractivity contribution >= 4 is 50.6 Å². The third-order valence-electron chi connectivity index (χ3n) is 6.24. The van der Waals surface area contributed by atoms with E-state index in [1.165, 1.54) is 16.8 Å². The summed E-state index contributed by atoms with van der Waals surface area (Å²) in [6.45, 7) is 1.84. The van der Waals surface area contributed by atoms with Crippen LogP contribution in [-0.4, -0.2) is 29.9 Å². The predicted octanol–water partition coefficient (Wildman–Crippen LogP) is 6.28. The quantitative estimate of drug-likeness (QED) is 0.306. The Balaban J connectivity index is 1.68. The Labute approximate surface area is 229 Å². The highest BCUT2D eigenvalue weighted by atomic mass is 35.5. The summed E-state index contributed by atoms with van der Waals surface area (Å²) in [4.78, 5) is 13.5. The molecule has 38 heavy (non-hydrogen) atoms. The van der Waals surface area contributed by atoms with E-state index < -0.39 is 21.6 Å². The smallest absolute Gasteiger partial charge is 0.272 e. The van der Waals surface area contributed by atoms with Crippen LogP contribution in [-0.2, 0) is 15.6 Å². The van der Waals surface area contributed by atoms with Gasteiger partial charge in [0, 0.05) is 10.6 Å². The molecular weight excluding hydrogens is 548 g/mol. The highest BCUT2D eigenvalue weighted by Gasteiger charge is 2.35. The Bertz CT molecular complexity index is 1670. The number of nitrogens with zero attached hydrogens (tertiary/aromatic N) is 2. The number of aromatic nitrogens is 2. The van der Waals surface area contributed by atoms with Crippen LogP contribution in [0.4, 0.5) is 4.39 Å². The van der Waals surface area contributed by atoms with Crippen LogP contribution in [0.3, 0.4) is 0 Å². The summed E-state index contributed by atoms with van der Waals surface area (Å²) < 4.78 is 41.1. The van der Waals surface area contributed by atoms with E-state index in [0.29, 0.717) is 27.5 Å². The fraction of sp³-hybridized carbons (Fsp3) is 0.143. The van der Waals surface area contributed by atoms with Crippen molar-refractivity contribution in [3.05, 3.63) is 117 Å². The van der Waals surface area contributed by atoms with E-state index in [1.54, 1.807) is 36.4 Å². The Morgan fingerprint density at radius 2 is 1.76 bits per heavy atom. The maximum Gasteiger partial charge on any atom is 0.272 e. The zero-order valence-corrected chi connectivity index (χ0v) is 22.5. The molecule has 5 rings (SSSR count). The molecule has 0 radical (unpaired) electrons. The maximum atomic E-state index is 13.5. The molecule has 0 saturated carbocycles. The second-order valence-electron chi connectivity index (χ2n) is 9.04. The molecular formula is C28H22Cl2FN3O3S. The monoisotopic (exact) mass is 569 g/mol. The maximum absolute atomic E-state index is 13.5. The van der Waals surface area contributed by atoms with Gasteiger partial charge in [-0.2, -0.15) is 5.10 Å². The number of benzene rings is 3. The third-order valence-corrected chi connectivity index (χ3v) is 8.26. The van der Waals surface area contributed by atoms with Crippen LogP contribution >= 0.6 is 23.2 Å². The molecule has 4 aromatic rings. The van der Waals surface area contributed by atoms with E-state index in [-0.39, 0.29) is 33.8 Å². The third kappa shape index (κ3) is 5.38. The molecule has 6 nitrogen and oxygen atoms in total. The Morgan fingerprint density at radius 1 is 1.05 bits per heavy atom. The summed E-state index contributed by atoms with van der Waals surface area (Å²) in [5.41, 5.74) is 3.04. The molecule has 2 heterocycles. The number of nitrogens with one attached hydrogen (secondary N) is 1. The number of halogens is 3. The summed E-state index contributed by atoms with van der Waals surface area (Å²) in [6.07, 6.45) is 1.66. The normalized spacial score (nSPS) is 16.2. The number of hydrogen-bond acceptors (Lipinski definition) is 4.